The fourth-order valence-electron chi connectivity index (χ4n) is 3.05. The number of hydrogen-bond donors (Lipinski definition) is 2. The van der Waals surface area contributed by atoms with Crippen molar-refractivity contribution in [1.82, 2.24) is 0 Å². The molecule has 4 atom stereocenters. The first-order valence-corrected chi connectivity index (χ1v) is 12.7. The Bertz CT molecular complexity index is 836. The van der Waals surface area contributed by atoms with Crippen molar-refractivity contribution in [2.45, 2.75) is 76.2 Å². The van der Waals surface area contributed by atoms with E-state index in [-0.39, 0.29) is 17.0 Å². The molecule has 1 fully saturated rings. The van der Waals surface area contributed by atoms with E-state index >= 15 is 0 Å². The molecule has 1 aliphatic rings. The smallest absolute Gasteiger partial charge is 0.339 e. The minimum atomic E-state index is -2.21. The number of carbonyl (C=O) groups is 1. The maximum absolute atomic E-state index is 12.5. The minimum Gasteiger partial charge on any atom is -0.456 e. The quantitative estimate of drug-likeness (QED) is 0.283. The van der Waals surface area contributed by atoms with E-state index < -0.39 is 59.9 Å². The summed E-state index contributed by atoms with van der Waals surface area (Å²) in [5, 5.41) is 42.9. The van der Waals surface area contributed by atoms with E-state index in [2.05, 4.69) is 0 Å². The molecule has 1 saturated carbocycles. The van der Waals surface area contributed by atoms with Crippen LogP contribution in [0.2, 0.25) is 18.1 Å². The number of carbonyl (C=O) groups excluding carboxylic acids is 1. The van der Waals surface area contributed by atoms with Crippen molar-refractivity contribution < 1.29 is 34.0 Å². The van der Waals surface area contributed by atoms with Gasteiger partial charge >= 0.3 is 5.97 Å². The molecular weight excluding hydrogens is 428 g/mol. The van der Waals surface area contributed by atoms with Crippen LogP contribution >= 0.6 is 0 Å². The van der Waals surface area contributed by atoms with E-state index in [1.165, 1.54) is 0 Å². The van der Waals surface area contributed by atoms with Gasteiger partial charge in [0.2, 0.25) is 0 Å². The highest BCUT2D eigenvalue weighted by Crippen LogP contribution is 2.39. The standard InChI is InChI=1S/C19H28N2O9Si/c1-19(2,3)31(4,5)30-15-7-6-14(16(22)17(15)23)29-18(24)11-8-12(20(25)26)10-13(9-11)21(27)28/h8-10,14-17,22-23H,6-7H2,1-5H3/t14-,15-,16+,17-/m1/s1. The van der Waals surface area contributed by atoms with Crippen molar-refractivity contribution in [3.8, 4) is 0 Å². The summed E-state index contributed by atoms with van der Waals surface area (Å²) in [7, 11) is -2.21. The van der Waals surface area contributed by atoms with Crippen LogP contribution in [0.3, 0.4) is 0 Å². The number of hydrogen-bond acceptors (Lipinski definition) is 9. The number of ether oxygens (including phenoxy) is 1. The van der Waals surface area contributed by atoms with Crippen molar-refractivity contribution in [2.75, 3.05) is 0 Å². The summed E-state index contributed by atoms with van der Waals surface area (Å²) in [6, 6.07) is 2.47. The third-order valence-corrected chi connectivity index (χ3v) is 10.4. The Labute approximate surface area is 180 Å². The molecule has 0 amide bonds. The van der Waals surface area contributed by atoms with Crippen molar-refractivity contribution in [2.24, 2.45) is 0 Å². The number of aliphatic hydroxyl groups is 2. The fourth-order valence-corrected chi connectivity index (χ4v) is 4.42. The molecule has 2 N–H and O–H groups in total. The number of benzene rings is 1. The monoisotopic (exact) mass is 456 g/mol. The third-order valence-electron chi connectivity index (χ3n) is 5.92. The Morgan fingerprint density at radius 3 is 1.90 bits per heavy atom. The van der Waals surface area contributed by atoms with Gasteiger partial charge in [-0.3, -0.25) is 20.2 Å². The van der Waals surface area contributed by atoms with Gasteiger partial charge in [0.1, 0.15) is 18.3 Å². The van der Waals surface area contributed by atoms with E-state index in [1.807, 2.05) is 33.9 Å². The number of non-ortho nitro benzene ring substituents is 2. The van der Waals surface area contributed by atoms with Crippen LogP contribution in [0.1, 0.15) is 44.0 Å². The molecule has 31 heavy (non-hydrogen) atoms. The number of rotatable bonds is 6. The lowest BCUT2D eigenvalue weighted by atomic mass is 9.89. The molecule has 1 aliphatic carbocycles. The van der Waals surface area contributed by atoms with Gasteiger partial charge in [-0.15, -0.1) is 0 Å². The van der Waals surface area contributed by atoms with E-state index in [9.17, 15) is 35.2 Å². The highest BCUT2D eigenvalue weighted by Gasteiger charge is 2.46. The van der Waals surface area contributed by atoms with Crippen LogP contribution in [0.5, 0.6) is 0 Å². The first-order valence-electron chi connectivity index (χ1n) is 9.83. The molecule has 0 bridgehead atoms. The maximum atomic E-state index is 12.5. The van der Waals surface area contributed by atoms with Crippen LogP contribution in [0.4, 0.5) is 11.4 Å². The highest BCUT2D eigenvalue weighted by molar-refractivity contribution is 6.74. The summed E-state index contributed by atoms with van der Waals surface area (Å²) in [4.78, 5) is 32.8. The zero-order chi connectivity index (χ0) is 23.7. The average molecular weight is 457 g/mol. The molecule has 12 heteroatoms. The lowest BCUT2D eigenvalue weighted by Gasteiger charge is -2.44. The van der Waals surface area contributed by atoms with E-state index in [4.69, 9.17) is 9.16 Å². The second-order valence-electron chi connectivity index (χ2n) is 9.17. The van der Waals surface area contributed by atoms with Crippen molar-refractivity contribution in [1.29, 1.82) is 0 Å². The van der Waals surface area contributed by atoms with Gasteiger partial charge < -0.3 is 19.4 Å². The summed E-state index contributed by atoms with van der Waals surface area (Å²) in [6.45, 7) is 10.2. The van der Waals surface area contributed by atoms with Crippen molar-refractivity contribution in [3.63, 3.8) is 0 Å². The molecule has 11 nitrogen and oxygen atoms in total. The molecule has 2 rings (SSSR count). The Morgan fingerprint density at radius 1 is 1.00 bits per heavy atom. The fraction of sp³-hybridized carbons (Fsp3) is 0.632. The van der Waals surface area contributed by atoms with Gasteiger partial charge in [-0.2, -0.15) is 0 Å². The second-order valence-corrected chi connectivity index (χ2v) is 13.9. The molecule has 0 spiro atoms. The third kappa shape index (κ3) is 5.64. The van der Waals surface area contributed by atoms with Gasteiger partial charge in [-0.1, -0.05) is 20.8 Å². The highest BCUT2D eigenvalue weighted by atomic mass is 28.4. The van der Waals surface area contributed by atoms with Crippen LogP contribution in [-0.4, -0.2) is 58.8 Å². The second kappa shape index (κ2) is 8.98. The van der Waals surface area contributed by atoms with E-state index in [0.29, 0.717) is 6.42 Å². The molecule has 1 aromatic rings. The number of nitro benzene ring substituents is 2. The van der Waals surface area contributed by atoms with E-state index in [0.717, 1.165) is 18.2 Å². The van der Waals surface area contributed by atoms with Gasteiger partial charge in [0.15, 0.2) is 8.32 Å². The van der Waals surface area contributed by atoms with Gasteiger partial charge in [-0.25, -0.2) is 4.79 Å². The minimum absolute atomic E-state index is 0.0995. The zero-order valence-corrected chi connectivity index (χ0v) is 19.1. The van der Waals surface area contributed by atoms with Crippen LogP contribution in [-0.2, 0) is 9.16 Å². The van der Waals surface area contributed by atoms with Crippen LogP contribution < -0.4 is 0 Å². The lowest BCUT2D eigenvalue weighted by Crippen LogP contribution is -2.55. The maximum Gasteiger partial charge on any atom is 0.339 e. The van der Waals surface area contributed by atoms with Crippen LogP contribution in [0.15, 0.2) is 18.2 Å². The Morgan fingerprint density at radius 2 is 1.45 bits per heavy atom. The first-order chi connectivity index (χ1) is 14.1. The summed E-state index contributed by atoms with van der Waals surface area (Å²) in [6.07, 6.45) is -3.90. The Hall–Kier alpha value is -2.41. The number of aliphatic hydroxyl groups excluding tert-OH is 2. The predicted octanol–water partition coefficient (Wildman–Crippen LogP) is 2.93. The molecular formula is C19H28N2O9Si. The Balaban J connectivity index is 2.14. The van der Waals surface area contributed by atoms with Crippen molar-refractivity contribution in [3.05, 3.63) is 44.0 Å². The molecule has 0 heterocycles. The number of nitro groups is 2. The number of esters is 1. The normalized spacial score (nSPS) is 24.5. The molecule has 0 radical (unpaired) electrons. The van der Waals surface area contributed by atoms with Crippen LogP contribution in [0.25, 0.3) is 0 Å². The topological polar surface area (TPSA) is 162 Å². The summed E-state index contributed by atoms with van der Waals surface area (Å²) in [5.41, 5.74) is -1.65. The molecule has 0 unspecified atom stereocenters. The first kappa shape index (κ1) is 24.9. The number of nitrogens with zero attached hydrogens (tertiary/aromatic N) is 2. The predicted molar refractivity (Wildman–Crippen MR) is 112 cm³/mol. The van der Waals surface area contributed by atoms with Crippen molar-refractivity contribution >= 4 is 25.7 Å². The van der Waals surface area contributed by atoms with Crippen LogP contribution in [0, 0.1) is 20.2 Å². The molecule has 1 aromatic carbocycles. The van der Waals surface area contributed by atoms with Gasteiger partial charge in [0.25, 0.3) is 11.4 Å². The largest absolute Gasteiger partial charge is 0.456 e. The summed E-state index contributed by atoms with van der Waals surface area (Å²) >= 11 is 0. The molecule has 0 saturated heterocycles. The van der Waals surface area contributed by atoms with Gasteiger partial charge in [0, 0.05) is 12.1 Å². The lowest BCUT2D eigenvalue weighted by molar-refractivity contribution is -0.394. The summed E-state index contributed by atoms with van der Waals surface area (Å²) in [5.74, 6) is -1.06. The average Bonchev–Trinajstić information content (AvgIpc) is 2.66. The van der Waals surface area contributed by atoms with E-state index in [1.54, 1.807) is 0 Å². The molecule has 172 valence electrons. The Kier molecular flexibility index (Phi) is 7.20. The van der Waals surface area contributed by atoms with Gasteiger partial charge in [0.05, 0.1) is 27.6 Å². The molecule has 0 aromatic heterocycles. The summed E-state index contributed by atoms with van der Waals surface area (Å²) < 4.78 is 11.4. The SMILES string of the molecule is CC(C)(C)[Si](C)(C)O[C@@H]1CC[C@@H](OC(=O)c2cc([N+](=O)[O-])cc([N+](=O)[O-])c2)[C@H](O)[C@@H]1O. The zero-order valence-electron chi connectivity index (χ0n) is 18.1. The van der Waals surface area contributed by atoms with Gasteiger partial charge in [-0.05, 0) is 31.0 Å². The molecule has 0 aliphatic heterocycles.